The number of hydrogen-bond acceptors (Lipinski definition) is 2. The van der Waals surface area contributed by atoms with Crippen molar-refractivity contribution in [3.63, 3.8) is 0 Å². The molecular formula is C15H11BFNO2. The molecule has 0 atom stereocenters. The topological polar surface area (TPSA) is 45.2 Å². The first-order chi connectivity index (χ1) is 9.58. The standard InChI is InChI=1S/C15H11BFNO2/c1-20-10-6-11(17)15(14(19)7-10)13-5-8-4-9(16)2-3-12(8)18-13/h2-7,18-19H,1H3. The zero-order chi connectivity index (χ0) is 14.3. The van der Waals surface area contributed by atoms with Crippen molar-refractivity contribution in [2.75, 3.05) is 7.11 Å². The summed E-state index contributed by atoms with van der Waals surface area (Å²) in [4.78, 5) is 3.06. The van der Waals surface area contributed by atoms with Gasteiger partial charge in [0.05, 0.1) is 18.4 Å². The molecule has 0 unspecified atom stereocenters. The monoisotopic (exact) mass is 267 g/mol. The van der Waals surface area contributed by atoms with E-state index in [4.69, 9.17) is 12.6 Å². The Hall–Kier alpha value is -2.43. The van der Waals surface area contributed by atoms with Crippen LogP contribution in [0.2, 0.25) is 0 Å². The van der Waals surface area contributed by atoms with Gasteiger partial charge in [0.15, 0.2) is 0 Å². The van der Waals surface area contributed by atoms with E-state index in [2.05, 4.69) is 4.98 Å². The van der Waals surface area contributed by atoms with E-state index in [0.29, 0.717) is 11.2 Å². The lowest BCUT2D eigenvalue weighted by atomic mass is 9.95. The van der Waals surface area contributed by atoms with E-state index >= 15 is 0 Å². The number of benzene rings is 2. The summed E-state index contributed by atoms with van der Waals surface area (Å²) in [7, 11) is 7.13. The fourth-order valence-electron chi connectivity index (χ4n) is 2.24. The maximum Gasteiger partial charge on any atom is 0.139 e. The van der Waals surface area contributed by atoms with Crippen LogP contribution in [-0.2, 0) is 0 Å². The molecule has 2 radical (unpaired) electrons. The average molecular weight is 267 g/mol. The number of fused-ring (bicyclic) bond motifs is 1. The highest BCUT2D eigenvalue weighted by atomic mass is 19.1. The maximum absolute atomic E-state index is 14.1. The van der Waals surface area contributed by atoms with Crippen molar-refractivity contribution in [3.05, 3.63) is 42.2 Å². The number of H-pyrrole nitrogens is 1. The first kappa shape index (κ1) is 12.6. The average Bonchev–Trinajstić information content (AvgIpc) is 2.80. The number of rotatable bonds is 2. The Morgan fingerprint density at radius 3 is 2.70 bits per heavy atom. The van der Waals surface area contributed by atoms with E-state index in [9.17, 15) is 9.50 Å². The smallest absolute Gasteiger partial charge is 0.139 e. The van der Waals surface area contributed by atoms with Crippen molar-refractivity contribution < 1.29 is 14.2 Å². The first-order valence-corrected chi connectivity index (χ1v) is 6.03. The molecule has 0 aliphatic heterocycles. The minimum atomic E-state index is -0.554. The van der Waals surface area contributed by atoms with Crippen LogP contribution >= 0.6 is 0 Å². The Kier molecular flexibility index (Phi) is 2.90. The van der Waals surface area contributed by atoms with Gasteiger partial charge in [0.25, 0.3) is 0 Å². The number of halogens is 1. The summed E-state index contributed by atoms with van der Waals surface area (Å²) >= 11 is 0. The molecule has 5 heteroatoms. The Balaban J connectivity index is 2.20. The van der Waals surface area contributed by atoms with E-state index in [1.54, 1.807) is 18.2 Å². The summed E-state index contributed by atoms with van der Waals surface area (Å²) in [5.41, 5.74) is 2.05. The minimum absolute atomic E-state index is 0.112. The van der Waals surface area contributed by atoms with Gasteiger partial charge in [0.2, 0.25) is 0 Å². The van der Waals surface area contributed by atoms with Crippen molar-refractivity contribution >= 4 is 24.2 Å². The highest BCUT2D eigenvalue weighted by Crippen LogP contribution is 2.36. The molecule has 3 nitrogen and oxygen atoms in total. The van der Waals surface area contributed by atoms with Crippen LogP contribution in [0.5, 0.6) is 11.5 Å². The van der Waals surface area contributed by atoms with Gasteiger partial charge in [0.1, 0.15) is 25.2 Å². The van der Waals surface area contributed by atoms with E-state index in [1.165, 1.54) is 19.2 Å². The Labute approximate surface area is 116 Å². The minimum Gasteiger partial charge on any atom is -0.507 e. The van der Waals surface area contributed by atoms with Gasteiger partial charge in [-0.15, -0.1) is 0 Å². The fraction of sp³-hybridized carbons (Fsp3) is 0.0667. The normalized spacial score (nSPS) is 10.9. The van der Waals surface area contributed by atoms with Gasteiger partial charge in [0, 0.05) is 17.6 Å². The van der Waals surface area contributed by atoms with Crippen LogP contribution in [0, 0.1) is 5.82 Å². The summed E-state index contributed by atoms with van der Waals surface area (Å²) < 4.78 is 19.0. The van der Waals surface area contributed by atoms with Crippen molar-refractivity contribution in [2.24, 2.45) is 0 Å². The number of aromatic nitrogens is 1. The third-order valence-corrected chi connectivity index (χ3v) is 3.19. The molecule has 0 spiro atoms. The molecule has 0 saturated carbocycles. The second-order valence-electron chi connectivity index (χ2n) is 4.53. The molecular weight excluding hydrogens is 256 g/mol. The van der Waals surface area contributed by atoms with Crippen molar-refractivity contribution in [1.29, 1.82) is 0 Å². The number of hydrogen-bond donors (Lipinski definition) is 2. The molecule has 0 amide bonds. The van der Waals surface area contributed by atoms with E-state index in [0.717, 1.165) is 10.9 Å². The van der Waals surface area contributed by atoms with Crippen molar-refractivity contribution in [1.82, 2.24) is 4.98 Å². The molecule has 0 aliphatic rings. The zero-order valence-corrected chi connectivity index (χ0v) is 10.8. The van der Waals surface area contributed by atoms with E-state index in [1.807, 2.05) is 6.07 Å². The lowest BCUT2D eigenvalue weighted by Crippen LogP contribution is -1.98. The third-order valence-electron chi connectivity index (χ3n) is 3.19. The number of phenolic OH excluding ortho intramolecular Hbond substituents is 1. The summed E-state index contributed by atoms with van der Waals surface area (Å²) in [6.45, 7) is 0. The highest BCUT2D eigenvalue weighted by molar-refractivity contribution is 6.33. The molecule has 20 heavy (non-hydrogen) atoms. The number of methoxy groups -OCH3 is 1. The molecule has 1 aromatic heterocycles. The van der Waals surface area contributed by atoms with Gasteiger partial charge in [-0.1, -0.05) is 17.6 Å². The van der Waals surface area contributed by atoms with Crippen LogP contribution in [0.25, 0.3) is 22.2 Å². The quantitative estimate of drug-likeness (QED) is 0.700. The molecule has 3 aromatic rings. The van der Waals surface area contributed by atoms with Gasteiger partial charge in [-0.05, 0) is 17.5 Å². The second-order valence-corrected chi connectivity index (χ2v) is 4.53. The van der Waals surface area contributed by atoms with Gasteiger partial charge in [-0.2, -0.15) is 0 Å². The van der Waals surface area contributed by atoms with Crippen molar-refractivity contribution in [2.45, 2.75) is 0 Å². The van der Waals surface area contributed by atoms with Crippen LogP contribution in [0.15, 0.2) is 36.4 Å². The van der Waals surface area contributed by atoms with Gasteiger partial charge >= 0.3 is 0 Å². The lowest BCUT2D eigenvalue weighted by Gasteiger charge is -2.07. The molecule has 1 heterocycles. The van der Waals surface area contributed by atoms with Gasteiger partial charge < -0.3 is 14.8 Å². The fourth-order valence-corrected chi connectivity index (χ4v) is 2.24. The van der Waals surface area contributed by atoms with Crippen LogP contribution in [0.1, 0.15) is 0 Å². The Morgan fingerprint density at radius 1 is 1.20 bits per heavy atom. The van der Waals surface area contributed by atoms with Crippen LogP contribution < -0.4 is 10.2 Å². The Bertz CT molecular complexity index is 775. The van der Waals surface area contributed by atoms with E-state index in [-0.39, 0.29) is 17.1 Å². The van der Waals surface area contributed by atoms with E-state index < -0.39 is 5.82 Å². The maximum atomic E-state index is 14.1. The molecule has 98 valence electrons. The molecule has 2 N–H and O–H groups in total. The number of ether oxygens (including phenoxy) is 1. The summed E-state index contributed by atoms with van der Waals surface area (Å²) in [5.74, 6) is -0.466. The van der Waals surface area contributed by atoms with Crippen LogP contribution in [0.4, 0.5) is 4.39 Å². The number of aromatic hydroxyl groups is 1. The van der Waals surface area contributed by atoms with Gasteiger partial charge in [-0.3, -0.25) is 0 Å². The summed E-state index contributed by atoms with van der Waals surface area (Å²) in [6.07, 6.45) is 0. The molecule has 0 aliphatic carbocycles. The van der Waals surface area contributed by atoms with Gasteiger partial charge in [-0.25, -0.2) is 4.39 Å². The number of nitrogens with one attached hydrogen (secondary N) is 1. The predicted octanol–water partition coefficient (Wildman–Crippen LogP) is 2.48. The molecule has 3 rings (SSSR count). The van der Waals surface area contributed by atoms with Crippen molar-refractivity contribution in [3.8, 4) is 22.8 Å². The number of aromatic amines is 1. The molecule has 0 fully saturated rings. The lowest BCUT2D eigenvalue weighted by molar-refractivity contribution is 0.403. The predicted molar refractivity (Wildman–Crippen MR) is 77.3 cm³/mol. The Morgan fingerprint density at radius 2 is 2.00 bits per heavy atom. The van der Waals surface area contributed by atoms with Crippen LogP contribution in [-0.4, -0.2) is 25.0 Å². The molecule has 2 aromatic carbocycles. The summed E-state index contributed by atoms with van der Waals surface area (Å²) in [5, 5.41) is 10.8. The third kappa shape index (κ3) is 2.01. The second kappa shape index (κ2) is 4.60. The zero-order valence-electron chi connectivity index (χ0n) is 10.8. The highest BCUT2D eigenvalue weighted by Gasteiger charge is 2.15. The summed E-state index contributed by atoms with van der Waals surface area (Å²) in [6, 6.07) is 9.71. The SMILES string of the molecule is [B]c1ccc2[nH]c(-c3c(O)cc(OC)cc3F)cc2c1. The molecule has 0 bridgehead atoms. The first-order valence-electron chi connectivity index (χ1n) is 6.03. The van der Waals surface area contributed by atoms with Crippen LogP contribution in [0.3, 0.4) is 0 Å². The number of phenols is 1. The molecule has 0 saturated heterocycles. The largest absolute Gasteiger partial charge is 0.507 e.